The van der Waals surface area contributed by atoms with Gasteiger partial charge in [0, 0.05) is 12.7 Å². The van der Waals surface area contributed by atoms with Crippen molar-refractivity contribution in [2.24, 2.45) is 5.41 Å². The molecule has 2 aromatic heterocycles. The molecule has 0 bridgehead atoms. The fraction of sp³-hybridized carbons (Fsp3) is 0.312. The molecule has 0 spiro atoms. The van der Waals surface area contributed by atoms with Gasteiger partial charge >= 0.3 is 0 Å². The SMILES string of the molecule is CC(C)(C)CNC(=O)c1cnc2sc3ccccc3n2c1=O. The van der Waals surface area contributed by atoms with Gasteiger partial charge in [-0.25, -0.2) is 4.98 Å². The summed E-state index contributed by atoms with van der Waals surface area (Å²) in [5.41, 5.74) is 0.489. The Morgan fingerprint density at radius 2 is 2.05 bits per heavy atom. The molecule has 1 amide bonds. The van der Waals surface area contributed by atoms with Gasteiger partial charge in [-0.3, -0.25) is 14.0 Å². The van der Waals surface area contributed by atoms with Crippen molar-refractivity contribution in [2.75, 3.05) is 6.54 Å². The minimum absolute atomic E-state index is 0.0432. The van der Waals surface area contributed by atoms with E-state index < -0.39 is 0 Å². The number of benzene rings is 1. The van der Waals surface area contributed by atoms with E-state index in [1.54, 1.807) is 0 Å². The Morgan fingerprint density at radius 1 is 1.32 bits per heavy atom. The van der Waals surface area contributed by atoms with Crippen molar-refractivity contribution in [2.45, 2.75) is 20.8 Å². The zero-order valence-electron chi connectivity index (χ0n) is 12.7. The van der Waals surface area contributed by atoms with E-state index in [-0.39, 0.29) is 22.4 Å². The molecule has 2 heterocycles. The van der Waals surface area contributed by atoms with E-state index in [1.165, 1.54) is 21.9 Å². The molecule has 0 fully saturated rings. The van der Waals surface area contributed by atoms with E-state index in [2.05, 4.69) is 10.3 Å². The van der Waals surface area contributed by atoms with Crippen LogP contribution in [-0.2, 0) is 0 Å². The van der Waals surface area contributed by atoms with Crippen LogP contribution in [0.1, 0.15) is 31.1 Å². The lowest BCUT2D eigenvalue weighted by Crippen LogP contribution is -2.36. The molecule has 3 rings (SSSR count). The molecule has 0 aliphatic rings. The van der Waals surface area contributed by atoms with Crippen LogP contribution < -0.4 is 10.9 Å². The number of rotatable bonds is 2. The highest BCUT2D eigenvalue weighted by molar-refractivity contribution is 7.23. The van der Waals surface area contributed by atoms with Crippen LogP contribution in [0.3, 0.4) is 0 Å². The van der Waals surface area contributed by atoms with Crippen molar-refractivity contribution >= 4 is 32.4 Å². The summed E-state index contributed by atoms with van der Waals surface area (Å²) in [4.78, 5) is 29.8. The van der Waals surface area contributed by atoms with Gasteiger partial charge in [0.25, 0.3) is 11.5 Å². The summed E-state index contributed by atoms with van der Waals surface area (Å²) in [5, 5.41) is 2.80. The molecule has 1 aromatic carbocycles. The number of hydrogen-bond acceptors (Lipinski definition) is 4. The molecule has 0 atom stereocenters. The van der Waals surface area contributed by atoms with E-state index in [0.717, 1.165) is 10.2 Å². The van der Waals surface area contributed by atoms with Crippen LogP contribution in [0, 0.1) is 5.41 Å². The van der Waals surface area contributed by atoms with Crippen LogP contribution in [0.25, 0.3) is 15.2 Å². The molecule has 0 aliphatic heterocycles. The van der Waals surface area contributed by atoms with Crippen molar-refractivity contribution in [3.05, 3.63) is 46.4 Å². The second kappa shape index (κ2) is 5.21. The minimum atomic E-state index is -0.378. The Kier molecular flexibility index (Phi) is 3.48. The average Bonchev–Trinajstić information content (AvgIpc) is 2.83. The van der Waals surface area contributed by atoms with Gasteiger partial charge in [0.2, 0.25) is 0 Å². The highest BCUT2D eigenvalue weighted by Crippen LogP contribution is 2.23. The largest absolute Gasteiger partial charge is 0.351 e. The highest BCUT2D eigenvalue weighted by atomic mass is 32.1. The van der Waals surface area contributed by atoms with Crippen molar-refractivity contribution in [3.63, 3.8) is 0 Å². The monoisotopic (exact) mass is 315 g/mol. The fourth-order valence-corrected chi connectivity index (χ4v) is 3.13. The summed E-state index contributed by atoms with van der Waals surface area (Å²) in [6.07, 6.45) is 1.37. The quantitative estimate of drug-likeness (QED) is 0.791. The number of carbonyl (C=O) groups is 1. The van der Waals surface area contributed by atoms with Crippen LogP contribution in [0.2, 0.25) is 0 Å². The predicted octanol–water partition coefficient (Wildman–Crippen LogP) is 2.69. The molecular weight excluding hydrogens is 298 g/mol. The average molecular weight is 315 g/mol. The first-order valence-electron chi connectivity index (χ1n) is 7.04. The zero-order chi connectivity index (χ0) is 15.9. The van der Waals surface area contributed by atoms with E-state index in [9.17, 15) is 9.59 Å². The third-order valence-corrected chi connectivity index (χ3v) is 4.30. The fourth-order valence-electron chi connectivity index (χ4n) is 2.15. The Balaban J connectivity index is 2.08. The molecule has 0 unspecified atom stereocenters. The smallest absolute Gasteiger partial charge is 0.271 e. The summed E-state index contributed by atoms with van der Waals surface area (Å²) < 4.78 is 2.48. The van der Waals surface area contributed by atoms with Crippen LogP contribution in [0.5, 0.6) is 0 Å². The lowest BCUT2D eigenvalue weighted by molar-refractivity contribution is 0.0937. The maximum atomic E-state index is 12.6. The van der Waals surface area contributed by atoms with Gasteiger partial charge in [-0.1, -0.05) is 44.2 Å². The minimum Gasteiger partial charge on any atom is -0.351 e. The van der Waals surface area contributed by atoms with Gasteiger partial charge in [-0.05, 0) is 17.5 Å². The summed E-state index contributed by atoms with van der Waals surface area (Å²) in [5.74, 6) is -0.378. The molecular formula is C16H17N3O2S. The summed E-state index contributed by atoms with van der Waals surface area (Å²) in [6, 6.07) is 7.58. The van der Waals surface area contributed by atoms with Crippen molar-refractivity contribution in [1.82, 2.24) is 14.7 Å². The van der Waals surface area contributed by atoms with E-state index in [1.807, 2.05) is 45.0 Å². The predicted molar refractivity (Wildman–Crippen MR) is 88.6 cm³/mol. The van der Waals surface area contributed by atoms with Gasteiger partial charge in [0.1, 0.15) is 5.56 Å². The van der Waals surface area contributed by atoms with E-state index in [4.69, 9.17) is 0 Å². The molecule has 6 heteroatoms. The molecule has 0 saturated carbocycles. The standard InChI is InChI=1S/C16H17N3O2S/c1-16(2,3)9-18-13(20)10-8-17-15-19(14(10)21)11-6-4-5-7-12(11)22-15/h4-8H,9H2,1-3H3,(H,18,20). The number of nitrogens with one attached hydrogen (secondary N) is 1. The maximum absolute atomic E-state index is 12.6. The van der Waals surface area contributed by atoms with Crippen LogP contribution in [-0.4, -0.2) is 21.8 Å². The first kappa shape index (κ1) is 14.7. The molecule has 3 aromatic rings. The summed E-state index contributed by atoms with van der Waals surface area (Å²) in [6.45, 7) is 6.56. The van der Waals surface area contributed by atoms with Crippen LogP contribution >= 0.6 is 11.3 Å². The number of thiazole rings is 1. The van der Waals surface area contributed by atoms with Crippen molar-refractivity contribution in [3.8, 4) is 0 Å². The first-order chi connectivity index (χ1) is 10.4. The van der Waals surface area contributed by atoms with Gasteiger partial charge in [-0.2, -0.15) is 0 Å². The second-order valence-electron chi connectivity index (χ2n) is 6.41. The summed E-state index contributed by atoms with van der Waals surface area (Å²) >= 11 is 1.43. The third-order valence-electron chi connectivity index (χ3n) is 3.26. The Hall–Kier alpha value is -2.21. The molecule has 5 nitrogen and oxygen atoms in total. The number of amides is 1. The number of para-hydroxylation sites is 1. The second-order valence-corrected chi connectivity index (χ2v) is 7.42. The highest BCUT2D eigenvalue weighted by Gasteiger charge is 2.18. The number of carbonyl (C=O) groups excluding carboxylic acids is 1. The van der Waals surface area contributed by atoms with Gasteiger partial charge in [0.15, 0.2) is 4.96 Å². The lowest BCUT2D eigenvalue weighted by atomic mass is 9.97. The van der Waals surface area contributed by atoms with Crippen LogP contribution in [0.15, 0.2) is 35.3 Å². The molecule has 114 valence electrons. The molecule has 0 saturated heterocycles. The number of fused-ring (bicyclic) bond motifs is 3. The van der Waals surface area contributed by atoms with Gasteiger partial charge in [-0.15, -0.1) is 0 Å². The lowest BCUT2D eigenvalue weighted by Gasteiger charge is -2.18. The molecule has 22 heavy (non-hydrogen) atoms. The van der Waals surface area contributed by atoms with Crippen molar-refractivity contribution < 1.29 is 4.79 Å². The normalized spacial score (nSPS) is 12.0. The molecule has 0 aliphatic carbocycles. The Bertz CT molecular complexity index is 918. The number of aromatic nitrogens is 2. The van der Waals surface area contributed by atoms with Gasteiger partial charge in [0.05, 0.1) is 10.2 Å². The Morgan fingerprint density at radius 3 is 2.77 bits per heavy atom. The third kappa shape index (κ3) is 2.62. The number of hydrogen-bond donors (Lipinski definition) is 1. The zero-order valence-corrected chi connectivity index (χ0v) is 13.5. The summed E-state index contributed by atoms with van der Waals surface area (Å²) in [7, 11) is 0. The van der Waals surface area contributed by atoms with Crippen LogP contribution in [0.4, 0.5) is 0 Å². The molecule has 0 radical (unpaired) electrons. The first-order valence-corrected chi connectivity index (χ1v) is 7.86. The molecule has 1 N–H and O–H groups in total. The topological polar surface area (TPSA) is 63.5 Å². The van der Waals surface area contributed by atoms with Gasteiger partial charge < -0.3 is 5.32 Å². The van der Waals surface area contributed by atoms with Crippen molar-refractivity contribution in [1.29, 1.82) is 0 Å². The number of nitrogens with zero attached hydrogens (tertiary/aromatic N) is 2. The van der Waals surface area contributed by atoms with E-state index >= 15 is 0 Å². The Labute approximate surface area is 131 Å². The van der Waals surface area contributed by atoms with E-state index in [0.29, 0.717) is 11.5 Å². The maximum Gasteiger partial charge on any atom is 0.271 e.